The quantitative estimate of drug-likeness (QED) is 0.788. The van der Waals surface area contributed by atoms with E-state index in [1.165, 1.54) is 11.1 Å². The third-order valence-electron chi connectivity index (χ3n) is 2.90. The third kappa shape index (κ3) is 3.44. The van der Waals surface area contributed by atoms with Crippen LogP contribution in [0.15, 0.2) is 48.5 Å². The molecule has 0 saturated carbocycles. The molecule has 2 aromatic carbocycles. The van der Waals surface area contributed by atoms with Crippen LogP contribution in [0.2, 0.25) is 5.02 Å². The molecule has 0 aliphatic rings. The van der Waals surface area contributed by atoms with Crippen LogP contribution in [0.3, 0.4) is 0 Å². The van der Waals surface area contributed by atoms with Crippen molar-refractivity contribution in [1.82, 2.24) is 0 Å². The molecule has 1 nitrogen and oxygen atoms in total. The monoisotopic (exact) mass is 258 g/mol. The van der Waals surface area contributed by atoms with Gasteiger partial charge in [-0.25, -0.2) is 0 Å². The summed E-state index contributed by atoms with van der Waals surface area (Å²) in [5.74, 6) is 0.233. The number of halogens is 1. The SMILES string of the molecule is CC(=O)CCc1ccc(-c2ccc(Cl)cc2)cc1. The molecule has 0 atom stereocenters. The van der Waals surface area contributed by atoms with Crippen LogP contribution in [0.1, 0.15) is 18.9 Å². The highest BCUT2D eigenvalue weighted by molar-refractivity contribution is 6.30. The molecule has 0 radical (unpaired) electrons. The van der Waals surface area contributed by atoms with Crippen LogP contribution in [-0.2, 0) is 11.2 Å². The smallest absolute Gasteiger partial charge is 0.130 e. The van der Waals surface area contributed by atoms with Crippen LogP contribution in [-0.4, -0.2) is 5.78 Å². The first-order chi connectivity index (χ1) is 8.65. The first-order valence-corrected chi connectivity index (χ1v) is 6.37. The highest BCUT2D eigenvalue weighted by atomic mass is 35.5. The molecule has 2 rings (SSSR count). The molecule has 0 spiro atoms. The Morgan fingerprint density at radius 2 is 1.44 bits per heavy atom. The molecular formula is C16H15ClO. The van der Waals surface area contributed by atoms with Crippen LogP contribution < -0.4 is 0 Å². The van der Waals surface area contributed by atoms with E-state index in [1.807, 2.05) is 24.3 Å². The first kappa shape index (κ1) is 12.8. The zero-order chi connectivity index (χ0) is 13.0. The molecule has 0 unspecified atom stereocenters. The van der Waals surface area contributed by atoms with Gasteiger partial charge in [0.1, 0.15) is 5.78 Å². The lowest BCUT2D eigenvalue weighted by Crippen LogP contribution is -1.93. The summed E-state index contributed by atoms with van der Waals surface area (Å²) < 4.78 is 0. The Hall–Kier alpha value is -1.60. The molecule has 0 aromatic heterocycles. The molecule has 0 bridgehead atoms. The zero-order valence-electron chi connectivity index (χ0n) is 10.3. The Morgan fingerprint density at radius 3 is 1.94 bits per heavy atom. The van der Waals surface area contributed by atoms with E-state index < -0.39 is 0 Å². The van der Waals surface area contributed by atoms with Gasteiger partial charge in [-0.15, -0.1) is 0 Å². The number of hydrogen-bond acceptors (Lipinski definition) is 1. The van der Waals surface area contributed by atoms with Crippen molar-refractivity contribution in [2.45, 2.75) is 19.8 Å². The van der Waals surface area contributed by atoms with Gasteiger partial charge in [0.15, 0.2) is 0 Å². The Bertz CT molecular complexity index is 526. The maximum absolute atomic E-state index is 10.9. The Morgan fingerprint density at radius 1 is 0.944 bits per heavy atom. The van der Waals surface area contributed by atoms with E-state index in [2.05, 4.69) is 24.3 Å². The lowest BCUT2D eigenvalue weighted by Gasteiger charge is -2.04. The van der Waals surface area contributed by atoms with Gasteiger partial charge >= 0.3 is 0 Å². The van der Waals surface area contributed by atoms with Gasteiger partial charge in [0.05, 0.1) is 0 Å². The number of carbonyl (C=O) groups excluding carboxylic acids is 1. The van der Waals surface area contributed by atoms with Gasteiger partial charge in [-0.3, -0.25) is 0 Å². The second kappa shape index (κ2) is 5.83. The van der Waals surface area contributed by atoms with Gasteiger partial charge in [-0.1, -0.05) is 48.0 Å². The second-order valence-electron chi connectivity index (χ2n) is 4.41. The Labute approximate surface area is 112 Å². The van der Waals surface area contributed by atoms with Gasteiger partial charge in [-0.2, -0.15) is 0 Å². The minimum Gasteiger partial charge on any atom is -0.300 e. The normalized spacial score (nSPS) is 10.3. The second-order valence-corrected chi connectivity index (χ2v) is 4.84. The van der Waals surface area contributed by atoms with Crippen molar-refractivity contribution < 1.29 is 4.79 Å². The van der Waals surface area contributed by atoms with Crippen molar-refractivity contribution in [1.29, 1.82) is 0 Å². The number of aryl methyl sites for hydroxylation is 1. The number of Topliss-reactive ketones (excluding diaryl/α,β-unsaturated/α-hetero) is 1. The first-order valence-electron chi connectivity index (χ1n) is 5.99. The molecule has 0 heterocycles. The summed E-state index contributed by atoms with van der Waals surface area (Å²) in [5.41, 5.74) is 3.51. The average molecular weight is 259 g/mol. The Balaban J connectivity index is 2.12. The summed E-state index contributed by atoms with van der Waals surface area (Å²) in [6.45, 7) is 1.63. The molecule has 2 aromatic rings. The summed E-state index contributed by atoms with van der Waals surface area (Å²) in [4.78, 5) is 10.9. The third-order valence-corrected chi connectivity index (χ3v) is 3.15. The molecule has 0 aliphatic heterocycles. The highest BCUT2D eigenvalue weighted by Crippen LogP contribution is 2.22. The minimum absolute atomic E-state index is 0.233. The average Bonchev–Trinajstić information content (AvgIpc) is 2.38. The van der Waals surface area contributed by atoms with E-state index in [1.54, 1.807) is 6.92 Å². The standard InChI is InChI=1S/C16H15ClO/c1-12(18)2-3-13-4-6-14(7-5-13)15-8-10-16(17)11-9-15/h4-11H,2-3H2,1H3. The van der Waals surface area contributed by atoms with Gasteiger partial charge in [0, 0.05) is 11.4 Å². The van der Waals surface area contributed by atoms with E-state index in [9.17, 15) is 4.79 Å². The van der Waals surface area contributed by atoms with Crippen molar-refractivity contribution in [3.63, 3.8) is 0 Å². The summed E-state index contributed by atoms with van der Waals surface area (Å²) in [6, 6.07) is 16.1. The fraction of sp³-hybridized carbons (Fsp3) is 0.188. The number of hydrogen-bond donors (Lipinski definition) is 0. The lowest BCUT2D eigenvalue weighted by atomic mass is 10.0. The summed E-state index contributed by atoms with van der Waals surface area (Å²) in [7, 11) is 0. The fourth-order valence-corrected chi connectivity index (χ4v) is 1.95. The number of carbonyl (C=O) groups is 1. The van der Waals surface area contributed by atoms with Crippen molar-refractivity contribution >= 4 is 17.4 Å². The minimum atomic E-state index is 0.233. The topological polar surface area (TPSA) is 17.1 Å². The van der Waals surface area contributed by atoms with Crippen molar-refractivity contribution in [2.75, 3.05) is 0 Å². The van der Waals surface area contributed by atoms with E-state index >= 15 is 0 Å². The van der Waals surface area contributed by atoms with Gasteiger partial charge in [0.2, 0.25) is 0 Å². The maximum Gasteiger partial charge on any atom is 0.130 e. The van der Waals surface area contributed by atoms with Crippen LogP contribution >= 0.6 is 11.6 Å². The summed E-state index contributed by atoms with van der Waals surface area (Å²) >= 11 is 5.86. The number of rotatable bonds is 4. The predicted octanol–water partition coefficient (Wildman–Crippen LogP) is 4.53. The van der Waals surface area contributed by atoms with E-state index in [0.29, 0.717) is 6.42 Å². The maximum atomic E-state index is 10.9. The van der Waals surface area contributed by atoms with E-state index in [0.717, 1.165) is 17.0 Å². The highest BCUT2D eigenvalue weighted by Gasteiger charge is 2.00. The molecule has 92 valence electrons. The van der Waals surface area contributed by atoms with Crippen LogP contribution in [0.25, 0.3) is 11.1 Å². The molecule has 0 N–H and O–H groups in total. The van der Waals surface area contributed by atoms with E-state index in [4.69, 9.17) is 11.6 Å². The largest absolute Gasteiger partial charge is 0.300 e. The van der Waals surface area contributed by atoms with Crippen LogP contribution in [0.4, 0.5) is 0 Å². The molecular weight excluding hydrogens is 244 g/mol. The molecule has 0 aliphatic carbocycles. The molecule has 0 fully saturated rings. The Kier molecular flexibility index (Phi) is 4.16. The van der Waals surface area contributed by atoms with Crippen molar-refractivity contribution in [2.24, 2.45) is 0 Å². The predicted molar refractivity (Wildman–Crippen MR) is 75.9 cm³/mol. The lowest BCUT2D eigenvalue weighted by molar-refractivity contribution is -0.116. The summed E-state index contributed by atoms with van der Waals surface area (Å²) in [6.07, 6.45) is 1.43. The molecule has 0 amide bonds. The number of benzene rings is 2. The van der Waals surface area contributed by atoms with Gasteiger partial charge in [0.25, 0.3) is 0 Å². The molecule has 2 heteroatoms. The number of ketones is 1. The fourth-order valence-electron chi connectivity index (χ4n) is 1.83. The molecule has 0 saturated heterocycles. The molecule has 18 heavy (non-hydrogen) atoms. The van der Waals surface area contributed by atoms with Crippen LogP contribution in [0.5, 0.6) is 0 Å². The van der Waals surface area contributed by atoms with Crippen molar-refractivity contribution in [3.8, 4) is 11.1 Å². The van der Waals surface area contributed by atoms with E-state index in [-0.39, 0.29) is 5.78 Å². The zero-order valence-corrected chi connectivity index (χ0v) is 11.1. The van der Waals surface area contributed by atoms with Gasteiger partial charge < -0.3 is 4.79 Å². The van der Waals surface area contributed by atoms with Crippen LogP contribution in [0, 0.1) is 0 Å². The van der Waals surface area contributed by atoms with Gasteiger partial charge in [-0.05, 0) is 42.2 Å². The van der Waals surface area contributed by atoms with Crippen molar-refractivity contribution in [3.05, 3.63) is 59.1 Å². The summed E-state index contributed by atoms with van der Waals surface area (Å²) in [5, 5.41) is 0.747.